The minimum atomic E-state index is -0.524. The minimum absolute atomic E-state index is 0.0848. The van der Waals surface area contributed by atoms with Gasteiger partial charge in [-0.25, -0.2) is 0 Å². The first-order valence-corrected chi connectivity index (χ1v) is 9.05. The molecule has 4 rings (SSSR count). The first-order valence-electron chi connectivity index (χ1n) is 7.47. The van der Waals surface area contributed by atoms with Crippen LogP contribution in [-0.2, 0) is 13.9 Å². The van der Waals surface area contributed by atoms with Crippen molar-refractivity contribution in [3.05, 3.63) is 28.2 Å². The summed E-state index contributed by atoms with van der Waals surface area (Å²) in [7, 11) is 1.42. The van der Waals surface area contributed by atoms with E-state index in [0.717, 1.165) is 15.7 Å². The molecule has 3 heterocycles. The Balaban J connectivity index is 1.96. The number of fused-ring (bicyclic) bond motifs is 3. The molecule has 122 valence electrons. The molecule has 0 bridgehead atoms. The van der Waals surface area contributed by atoms with Crippen molar-refractivity contribution in [2.24, 2.45) is 0 Å². The average molecular weight is 443 g/mol. The molecule has 23 heavy (non-hydrogen) atoms. The first kappa shape index (κ1) is 15.6. The maximum atomic E-state index is 12.4. The lowest BCUT2D eigenvalue weighted by Gasteiger charge is -2.33. The van der Waals surface area contributed by atoms with E-state index < -0.39 is 5.54 Å². The number of methoxy groups -OCH3 is 1. The Bertz CT molecular complexity index is 751. The standard InChI is InChI=1S/C16H17Br2N3O2/c1-15(2)13(19)20-10-5-4-8(17)6-9(10)16(18)7-11(12(22)23-3)21(15)14(16)20/h4-6,11,14,19H,7H2,1-3H3/t11-,14-,16+/m0/s1. The molecule has 3 aliphatic heterocycles. The number of benzene rings is 1. The molecule has 0 aromatic heterocycles. The number of carbonyl (C=O) groups is 1. The molecule has 0 spiro atoms. The number of carbonyl (C=O) groups excluding carboxylic acids is 1. The number of ether oxygens (including phenoxy) is 1. The summed E-state index contributed by atoms with van der Waals surface area (Å²) in [4.78, 5) is 16.5. The number of nitrogens with zero attached hydrogens (tertiary/aromatic N) is 2. The molecule has 1 aromatic carbocycles. The second-order valence-electron chi connectivity index (χ2n) is 6.83. The fourth-order valence-electron chi connectivity index (χ4n) is 4.33. The van der Waals surface area contributed by atoms with Gasteiger partial charge in [-0.2, -0.15) is 0 Å². The summed E-state index contributed by atoms with van der Waals surface area (Å²) in [6.07, 6.45) is 0.541. The largest absolute Gasteiger partial charge is 0.468 e. The molecule has 0 saturated carbocycles. The summed E-state index contributed by atoms with van der Waals surface area (Å²) in [5.74, 6) is 0.276. The van der Waals surface area contributed by atoms with Crippen LogP contribution in [0.3, 0.4) is 0 Å². The summed E-state index contributed by atoms with van der Waals surface area (Å²) >= 11 is 7.47. The van der Waals surface area contributed by atoms with Gasteiger partial charge in [0.2, 0.25) is 0 Å². The first-order chi connectivity index (χ1) is 10.7. The fraction of sp³-hybridized carbons (Fsp3) is 0.500. The molecular weight excluding hydrogens is 426 g/mol. The number of amidine groups is 1. The Morgan fingerprint density at radius 2 is 2.13 bits per heavy atom. The van der Waals surface area contributed by atoms with E-state index in [0.29, 0.717) is 12.3 Å². The van der Waals surface area contributed by atoms with Crippen LogP contribution >= 0.6 is 31.9 Å². The highest BCUT2D eigenvalue weighted by Crippen LogP contribution is 2.62. The Labute approximate surface area is 151 Å². The molecule has 1 aromatic rings. The molecule has 5 nitrogen and oxygen atoms in total. The van der Waals surface area contributed by atoms with Crippen molar-refractivity contribution >= 4 is 49.4 Å². The summed E-state index contributed by atoms with van der Waals surface area (Å²) in [5.41, 5.74) is 1.64. The topological polar surface area (TPSA) is 56.6 Å². The van der Waals surface area contributed by atoms with Crippen molar-refractivity contribution in [2.75, 3.05) is 12.0 Å². The number of nitrogens with one attached hydrogen (secondary N) is 1. The van der Waals surface area contributed by atoms with Crippen LogP contribution in [-0.4, -0.2) is 41.6 Å². The highest BCUT2D eigenvalue weighted by molar-refractivity contribution is 9.10. The van der Waals surface area contributed by atoms with Crippen LogP contribution < -0.4 is 4.90 Å². The van der Waals surface area contributed by atoms with Crippen molar-refractivity contribution in [1.29, 1.82) is 5.41 Å². The predicted octanol–water partition coefficient (Wildman–Crippen LogP) is 3.20. The zero-order valence-electron chi connectivity index (χ0n) is 13.1. The summed E-state index contributed by atoms with van der Waals surface area (Å²) in [6, 6.07) is 5.76. The Morgan fingerprint density at radius 3 is 2.78 bits per heavy atom. The number of hydrogen-bond donors (Lipinski definition) is 1. The van der Waals surface area contributed by atoms with Gasteiger partial charge in [-0.1, -0.05) is 31.9 Å². The van der Waals surface area contributed by atoms with E-state index in [-0.39, 0.29) is 22.5 Å². The van der Waals surface area contributed by atoms with Gasteiger partial charge >= 0.3 is 5.97 Å². The Hall–Kier alpha value is -0.920. The molecule has 0 aliphatic carbocycles. The van der Waals surface area contributed by atoms with E-state index >= 15 is 0 Å². The Morgan fingerprint density at radius 1 is 1.43 bits per heavy atom. The number of rotatable bonds is 1. The van der Waals surface area contributed by atoms with Crippen LogP contribution in [0, 0.1) is 5.41 Å². The zero-order valence-corrected chi connectivity index (χ0v) is 16.2. The fourth-order valence-corrected chi connectivity index (χ4v) is 5.74. The van der Waals surface area contributed by atoms with Gasteiger partial charge in [0.15, 0.2) is 0 Å². The molecule has 0 amide bonds. The molecule has 2 saturated heterocycles. The van der Waals surface area contributed by atoms with Gasteiger partial charge < -0.3 is 9.64 Å². The predicted molar refractivity (Wildman–Crippen MR) is 95.1 cm³/mol. The smallest absolute Gasteiger partial charge is 0.323 e. The molecule has 3 aliphatic rings. The van der Waals surface area contributed by atoms with E-state index in [2.05, 4.69) is 47.7 Å². The third kappa shape index (κ3) is 1.71. The third-order valence-electron chi connectivity index (χ3n) is 5.35. The summed E-state index contributed by atoms with van der Waals surface area (Å²) < 4.78 is 5.65. The normalized spacial score (nSPS) is 33.8. The second kappa shape index (κ2) is 4.58. The number of alkyl halides is 1. The van der Waals surface area contributed by atoms with Crippen molar-refractivity contribution < 1.29 is 9.53 Å². The van der Waals surface area contributed by atoms with Gasteiger partial charge in [-0.3, -0.25) is 15.1 Å². The molecular formula is C16H17Br2N3O2. The lowest BCUT2D eigenvalue weighted by Crippen LogP contribution is -2.51. The zero-order chi connectivity index (χ0) is 16.7. The van der Waals surface area contributed by atoms with Gasteiger partial charge in [-0.05, 0) is 44.0 Å². The van der Waals surface area contributed by atoms with Crippen LogP contribution in [0.15, 0.2) is 22.7 Å². The van der Waals surface area contributed by atoms with Crippen molar-refractivity contribution in [2.45, 2.75) is 42.3 Å². The summed E-state index contributed by atoms with van der Waals surface area (Å²) in [5, 5.41) is 8.69. The quantitative estimate of drug-likeness (QED) is 0.536. The number of hydrogen-bond acceptors (Lipinski definition) is 4. The van der Waals surface area contributed by atoms with E-state index in [1.807, 2.05) is 26.0 Å². The van der Waals surface area contributed by atoms with Crippen molar-refractivity contribution in [3.63, 3.8) is 0 Å². The monoisotopic (exact) mass is 441 g/mol. The Kier molecular flexibility index (Phi) is 3.11. The van der Waals surface area contributed by atoms with Crippen molar-refractivity contribution in [3.8, 4) is 0 Å². The summed E-state index contributed by atoms with van der Waals surface area (Å²) in [6.45, 7) is 4.00. The van der Waals surface area contributed by atoms with Crippen LogP contribution in [0.4, 0.5) is 5.69 Å². The van der Waals surface area contributed by atoms with Gasteiger partial charge in [-0.15, -0.1) is 0 Å². The van der Waals surface area contributed by atoms with Gasteiger partial charge in [0.25, 0.3) is 0 Å². The molecule has 0 unspecified atom stereocenters. The highest BCUT2D eigenvalue weighted by Gasteiger charge is 2.70. The van der Waals surface area contributed by atoms with E-state index in [9.17, 15) is 4.79 Å². The third-order valence-corrected chi connectivity index (χ3v) is 7.00. The van der Waals surface area contributed by atoms with Crippen LogP contribution in [0.25, 0.3) is 0 Å². The van der Waals surface area contributed by atoms with Crippen molar-refractivity contribution in [1.82, 2.24) is 4.90 Å². The van der Waals surface area contributed by atoms with E-state index in [4.69, 9.17) is 10.1 Å². The molecule has 0 radical (unpaired) electrons. The SMILES string of the molecule is COC(=O)[C@@H]1C[C@@]2(Br)c3cc(Br)ccc3N3C(=N)C(C)(C)N1[C@H]32. The maximum absolute atomic E-state index is 12.4. The van der Waals surface area contributed by atoms with Gasteiger partial charge in [0.1, 0.15) is 18.0 Å². The van der Waals surface area contributed by atoms with E-state index in [1.54, 1.807) is 0 Å². The molecule has 1 N–H and O–H groups in total. The molecule has 2 fully saturated rings. The minimum Gasteiger partial charge on any atom is -0.468 e. The van der Waals surface area contributed by atoms with Crippen LogP contribution in [0.1, 0.15) is 25.8 Å². The van der Waals surface area contributed by atoms with Crippen LogP contribution in [0.2, 0.25) is 0 Å². The number of esters is 1. The lowest BCUT2D eigenvalue weighted by molar-refractivity contribution is -0.147. The maximum Gasteiger partial charge on any atom is 0.323 e. The van der Waals surface area contributed by atoms with E-state index in [1.165, 1.54) is 7.11 Å². The molecule has 3 atom stereocenters. The van der Waals surface area contributed by atoms with Gasteiger partial charge in [0, 0.05) is 10.2 Å². The molecule has 7 heteroatoms. The second-order valence-corrected chi connectivity index (χ2v) is 9.16. The average Bonchev–Trinajstić information content (AvgIpc) is 3.01. The number of anilines is 1. The van der Waals surface area contributed by atoms with Crippen LogP contribution in [0.5, 0.6) is 0 Å². The number of halogens is 2. The lowest BCUT2D eigenvalue weighted by atomic mass is 9.96. The highest BCUT2D eigenvalue weighted by atomic mass is 79.9. The van der Waals surface area contributed by atoms with Gasteiger partial charge in [0.05, 0.1) is 17.0 Å².